The molecule has 0 fully saturated rings. The van der Waals surface area contributed by atoms with Crippen molar-refractivity contribution in [2.75, 3.05) is 0 Å². The zero-order chi connectivity index (χ0) is 9.97. The Morgan fingerprint density at radius 2 is 1.79 bits per heavy atom. The van der Waals surface area contributed by atoms with Gasteiger partial charge in [0.15, 0.2) is 0 Å². The molecule has 0 aliphatic heterocycles. The molecule has 0 spiro atoms. The van der Waals surface area contributed by atoms with E-state index in [0.717, 1.165) is 0 Å². The molecule has 0 heterocycles. The minimum absolute atomic E-state index is 1.18. The molecule has 2 rings (SSSR count). The number of fused-ring (bicyclic) bond motifs is 1. The van der Waals surface area contributed by atoms with Crippen molar-refractivity contribution in [2.45, 2.75) is 52.4 Å². The molecule has 1 aliphatic carbocycles. The summed E-state index contributed by atoms with van der Waals surface area (Å²) in [4.78, 5) is 0. The van der Waals surface area contributed by atoms with E-state index in [1.807, 2.05) is 0 Å². The highest BCUT2D eigenvalue weighted by molar-refractivity contribution is 5.40. The van der Waals surface area contributed by atoms with Gasteiger partial charge in [-0.3, -0.25) is 0 Å². The predicted octanol–water partition coefficient (Wildman–Crippen LogP) is 3.69. The van der Waals surface area contributed by atoms with E-state index in [4.69, 9.17) is 0 Å². The number of hydrogen-bond donors (Lipinski definition) is 0. The molecule has 0 aromatic heterocycles. The molecule has 0 nitrogen and oxygen atoms in total. The quantitative estimate of drug-likeness (QED) is 0.664. The Labute approximate surface area is 87.3 Å². The van der Waals surface area contributed by atoms with E-state index in [-0.39, 0.29) is 0 Å². The van der Waals surface area contributed by atoms with Gasteiger partial charge in [-0.1, -0.05) is 26.0 Å². The minimum Gasteiger partial charge on any atom is -0.0613 e. The Kier molecular flexibility index (Phi) is 2.90. The Morgan fingerprint density at radius 3 is 2.50 bits per heavy atom. The highest BCUT2D eigenvalue weighted by atomic mass is 14.2. The lowest BCUT2D eigenvalue weighted by Gasteiger charge is -2.20. The molecular formula is C14H20. The van der Waals surface area contributed by atoms with E-state index in [0.29, 0.717) is 0 Å². The van der Waals surface area contributed by atoms with Gasteiger partial charge in [-0.15, -0.1) is 0 Å². The zero-order valence-electron chi connectivity index (χ0n) is 9.40. The van der Waals surface area contributed by atoms with Crippen LogP contribution in [0.3, 0.4) is 0 Å². The second-order valence-electron chi connectivity index (χ2n) is 4.31. The van der Waals surface area contributed by atoms with Crippen molar-refractivity contribution in [1.29, 1.82) is 0 Å². The summed E-state index contributed by atoms with van der Waals surface area (Å²) in [5, 5.41) is 0. The van der Waals surface area contributed by atoms with Crippen molar-refractivity contribution in [2.24, 2.45) is 0 Å². The number of aryl methyl sites for hydroxylation is 3. The molecule has 76 valence electrons. The maximum absolute atomic E-state index is 2.44. The first kappa shape index (κ1) is 9.76. The largest absolute Gasteiger partial charge is 0.0613 e. The normalized spacial score (nSPS) is 15.3. The maximum atomic E-state index is 2.44. The van der Waals surface area contributed by atoms with Gasteiger partial charge in [0.2, 0.25) is 0 Å². The molecule has 0 N–H and O–H groups in total. The molecule has 0 radical (unpaired) electrons. The molecule has 1 aliphatic rings. The first-order chi connectivity index (χ1) is 6.85. The SMILES string of the molecule is CCc1cc(CC)c2c(c1)CCCC2. The Bertz CT molecular complexity index is 306. The Morgan fingerprint density at radius 1 is 1.00 bits per heavy atom. The Balaban J connectivity index is 2.47. The molecule has 0 bridgehead atoms. The van der Waals surface area contributed by atoms with Crippen LogP contribution in [0.5, 0.6) is 0 Å². The van der Waals surface area contributed by atoms with Gasteiger partial charge in [-0.2, -0.15) is 0 Å². The van der Waals surface area contributed by atoms with Gasteiger partial charge < -0.3 is 0 Å². The lowest BCUT2D eigenvalue weighted by atomic mass is 9.85. The summed E-state index contributed by atoms with van der Waals surface area (Å²) in [6.45, 7) is 4.54. The van der Waals surface area contributed by atoms with Gasteiger partial charge in [-0.25, -0.2) is 0 Å². The second kappa shape index (κ2) is 4.16. The van der Waals surface area contributed by atoms with E-state index < -0.39 is 0 Å². The number of rotatable bonds is 2. The summed E-state index contributed by atoms with van der Waals surface area (Å²) in [5.74, 6) is 0. The maximum Gasteiger partial charge on any atom is -0.0273 e. The van der Waals surface area contributed by atoms with E-state index in [9.17, 15) is 0 Å². The van der Waals surface area contributed by atoms with Gasteiger partial charge in [0.1, 0.15) is 0 Å². The van der Waals surface area contributed by atoms with Crippen molar-refractivity contribution in [3.05, 3.63) is 34.4 Å². The highest BCUT2D eigenvalue weighted by Gasteiger charge is 2.13. The summed E-state index contributed by atoms with van der Waals surface area (Å²) in [6.07, 6.45) is 7.81. The van der Waals surface area contributed by atoms with Crippen molar-refractivity contribution in [1.82, 2.24) is 0 Å². The van der Waals surface area contributed by atoms with Gasteiger partial charge in [0.05, 0.1) is 0 Å². The summed E-state index contributed by atoms with van der Waals surface area (Å²) >= 11 is 0. The van der Waals surface area contributed by atoms with Crippen LogP contribution in [0.2, 0.25) is 0 Å². The van der Waals surface area contributed by atoms with Crippen LogP contribution >= 0.6 is 0 Å². The van der Waals surface area contributed by atoms with Gasteiger partial charge >= 0.3 is 0 Å². The smallest absolute Gasteiger partial charge is 0.0273 e. The van der Waals surface area contributed by atoms with Gasteiger partial charge in [-0.05, 0) is 60.8 Å². The van der Waals surface area contributed by atoms with Crippen LogP contribution in [0, 0.1) is 0 Å². The molecule has 0 unspecified atom stereocenters. The predicted molar refractivity (Wildman–Crippen MR) is 61.8 cm³/mol. The molecule has 0 saturated heterocycles. The summed E-state index contributed by atoms with van der Waals surface area (Å²) in [5.41, 5.74) is 6.46. The van der Waals surface area contributed by atoms with Crippen LogP contribution in [-0.4, -0.2) is 0 Å². The van der Waals surface area contributed by atoms with Gasteiger partial charge in [0.25, 0.3) is 0 Å². The molecule has 0 amide bonds. The van der Waals surface area contributed by atoms with E-state index in [2.05, 4.69) is 26.0 Å². The highest BCUT2D eigenvalue weighted by Crippen LogP contribution is 2.26. The third kappa shape index (κ3) is 1.70. The molecule has 1 aromatic carbocycles. The first-order valence-electron chi connectivity index (χ1n) is 5.98. The van der Waals surface area contributed by atoms with Crippen LogP contribution in [-0.2, 0) is 25.7 Å². The van der Waals surface area contributed by atoms with Crippen LogP contribution < -0.4 is 0 Å². The average Bonchev–Trinajstić information content (AvgIpc) is 2.27. The lowest BCUT2D eigenvalue weighted by molar-refractivity contribution is 0.677. The Hall–Kier alpha value is -0.780. The topological polar surface area (TPSA) is 0 Å². The van der Waals surface area contributed by atoms with Crippen molar-refractivity contribution >= 4 is 0 Å². The van der Waals surface area contributed by atoms with E-state index in [1.165, 1.54) is 44.1 Å². The number of hydrogen-bond acceptors (Lipinski definition) is 0. The van der Waals surface area contributed by atoms with Gasteiger partial charge in [0, 0.05) is 0 Å². The van der Waals surface area contributed by atoms with E-state index >= 15 is 0 Å². The van der Waals surface area contributed by atoms with Crippen LogP contribution in [0.4, 0.5) is 0 Å². The van der Waals surface area contributed by atoms with Crippen LogP contribution in [0.25, 0.3) is 0 Å². The summed E-state index contributed by atoms with van der Waals surface area (Å²) < 4.78 is 0. The standard InChI is InChI=1S/C14H20/c1-3-11-9-12(4-2)14-8-6-5-7-13(14)10-11/h9-10H,3-8H2,1-2H3. The molecule has 1 aromatic rings. The number of benzene rings is 1. The van der Waals surface area contributed by atoms with E-state index in [1.54, 1.807) is 16.7 Å². The second-order valence-corrected chi connectivity index (χ2v) is 4.31. The fraction of sp³-hybridized carbons (Fsp3) is 0.571. The average molecular weight is 188 g/mol. The monoisotopic (exact) mass is 188 g/mol. The third-order valence-corrected chi connectivity index (χ3v) is 3.41. The summed E-state index contributed by atoms with van der Waals surface area (Å²) in [7, 11) is 0. The first-order valence-corrected chi connectivity index (χ1v) is 5.98. The lowest BCUT2D eigenvalue weighted by Crippen LogP contribution is -2.07. The zero-order valence-corrected chi connectivity index (χ0v) is 9.40. The molecule has 0 heteroatoms. The third-order valence-electron chi connectivity index (χ3n) is 3.41. The van der Waals surface area contributed by atoms with Crippen molar-refractivity contribution in [3.63, 3.8) is 0 Å². The molecular weight excluding hydrogens is 168 g/mol. The molecule has 0 saturated carbocycles. The van der Waals surface area contributed by atoms with Crippen LogP contribution in [0.15, 0.2) is 12.1 Å². The van der Waals surface area contributed by atoms with Crippen LogP contribution in [0.1, 0.15) is 48.9 Å². The summed E-state index contributed by atoms with van der Waals surface area (Å²) in [6, 6.07) is 4.86. The minimum atomic E-state index is 1.18. The van der Waals surface area contributed by atoms with Crippen molar-refractivity contribution in [3.8, 4) is 0 Å². The fourth-order valence-electron chi connectivity index (χ4n) is 2.55. The van der Waals surface area contributed by atoms with Crippen molar-refractivity contribution < 1.29 is 0 Å². The molecule has 14 heavy (non-hydrogen) atoms. The molecule has 0 atom stereocenters. The fourth-order valence-corrected chi connectivity index (χ4v) is 2.55.